The molecule has 0 aromatic carbocycles. The van der Waals surface area contributed by atoms with Gasteiger partial charge in [0.1, 0.15) is 9.84 Å². The highest BCUT2D eigenvalue weighted by Crippen LogP contribution is 2.28. The molecule has 1 unspecified atom stereocenters. The molecule has 1 N–H and O–H groups in total. The van der Waals surface area contributed by atoms with Crippen LogP contribution in [-0.2, 0) is 9.84 Å². The Labute approximate surface area is 99.2 Å². The van der Waals surface area contributed by atoms with Crippen molar-refractivity contribution in [2.45, 2.75) is 57.5 Å². The van der Waals surface area contributed by atoms with Crippen LogP contribution in [0.5, 0.6) is 0 Å². The molecule has 1 aliphatic carbocycles. The van der Waals surface area contributed by atoms with E-state index in [0.29, 0.717) is 18.8 Å². The molecule has 0 heterocycles. The summed E-state index contributed by atoms with van der Waals surface area (Å²) < 4.78 is 21.8. The van der Waals surface area contributed by atoms with Crippen molar-refractivity contribution in [2.75, 3.05) is 12.0 Å². The van der Waals surface area contributed by atoms with Gasteiger partial charge in [0.05, 0.1) is 6.10 Å². The maximum absolute atomic E-state index is 10.9. The molecule has 1 aliphatic rings. The monoisotopic (exact) mass is 248 g/mol. The minimum absolute atomic E-state index is 0.203. The van der Waals surface area contributed by atoms with Gasteiger partial charge in [-0.2, -0.15) is 0 Å². The third-order valence-corrected chi connectivity index (χ3v) is 4.41. The van der Waals surface area contributed by atoms with Gasteiger partial charge in [-0.25, -0.2) is 8.42 Å². The predicted octanol–water partition coefficient (Wildman–Crippen LogP) is 2.14. The van der Waals surface area contributed by atoms with Crippen molar-refractivity contribution < 1.29 is 13.5 Å². The highest BCUT2D eigenvalue weighted by molar-refractivity contribution is 7.90. The molecule has 3 nitrogen and oxygen atoms in total. The zero-order chi connectivity index (χ0) is 12.0. The Bertz CT molecular complexity index is 279. The number of sulfone groups is 1. The van der Waals surface area contributed by atoms with Crippen LogP contribution in [0.15, 0.2) is 0 Å². The lowest BCUT2D eigenvalue weighted by Crippen LogP contribution is -2.17. The number of hydrogen-bond acceptors (Lipinski definition) is 3. The van der Waals surface area contributed by atoms with Gasteiger partial charge in [-0.3, -0.25) is 0 Å². The van der Waals surface area contributed by atoms with Crippen LogP contribution in [0.3, 0.4) is 0 Å². The van der Waals surface area contributed by atoms with Crippen LogP contribution in [0.1, 0.15) is 51.4 Å². The van der Waals surface area contributed by atoms with Crippen molar-refractivity contribution in [1.82, 2.24) is 0 Å². The molecule has 1 atom stereocenters. The van der Waals surface area contributed by atoms with Gasteiger partial charge < -0.3 is 5.11 Å². The van der Waals surface area contributed by atoms with E-state index in [1.54, 1.807) is 0 Å². The molecule has 0 saturated heterocycles. The maximum Gasteiger partial charge on any atom is 0.147 e. The summed E-state index contributed by atoms with van der Waals surface area (Å²) in [6, 6.07) is 0. The molecule has 0 aromatic heterocycles. The molecule has 0 radical (unpaired) electrons. The van der Waals surface area contributed by atoms with E-state index in [0.717, 1.165) is 6.42 Å². The lowest BCUT2D eigenvalue weighted by Gasteiger charge is -2.23. The average molecular weight is 248 g/mol. The summed E-state index contributed by atoms with van der Waals surface area (Å²) in [5.41, 5.74) is 0. The predicted molar refractivity (Wildman–Crippen MR) is 66.1 cm³/mol. The molecule has 0 aliphatic heterocycles. The molecular formula is C12H24O3S. The number of hydrogen-bond donors (Lipinski definition) is 1. The Kier molecular flexibility index (Phi) is 5.76. The molecule has 1 rings (SSSR count). The van der Waals surface area contributed by atoms with Gasteiger partial charge in [0.25, 0.3) is 0 Å². The van der Waals surface area contributed by atoms with E-state index in [1.807, 2.05) is 0 Å². The third kappa shape index (κ3) is 6.48. The van der Waals surface area contributed by atoms with E-state index in [2.05, 4.69) is 0 Å². The Morgan fingerprint density at radius 1 is 1.25 bits per heavy atom. The fraction of sp³-hybridized carbons (Fsp3) is 1.00. The molecule has 1 fully saturated rings. The van der Waals surface area contributed by atoms with Gasteiger partial charge in [-0.15, -0.1) is 0 Å². The Hall–Kier alpha value is -0.0900. The minimum atomic E-state index is -2.86. The number of rotatable bonds is 6. The zero-order valence-corrected chi connectivity index (χ0v) is 11.0. The first-order valence-corrected chi connectivity index (χ1v) is 8.39. The first-order valence-electron chi connectivity index (χ1n) is 6.33. The standard InChI is InChI=1S/C12H24O3S/c1-16(14,15)9-5-8-12(13)10-11-6-3-2-4-7-11/h11-13H,2-10H2,1H3. The summed E-state index contributed by atoms with van der Waals surface area (Å²) in [5, 5.41) is 9.80. The van der Waals surface area contributed by atoms with Crippen molar-refractivity contribution >= 4 is 9.84 Å². The van der Waals surface area contributed by atoms with E-state index in [9.17, 15) is 13.5 Å². The Morgan fingerprint density at radius 3 is 2.44 bits per heavy atom. The first-order chi connectivity index (χ1) is 7.47. The number of aliphatic hydroxyl groups is 1. The van der Waals surface area contributed by atoms with Crippen LogP contribution >= 0.6 is 0 Å². The van der Waals surface area contributed by atoms with Gasteiger partial charge in [0, 0.05) is 12.0 Å². The second-order valence-electron chi connectivity index (χ2n) is 5.17. The highest BCUT2D eigenvalue weighted by atomic mass is 32.2. The molecule has 4 heteroatoms. The van der Waals surface area contributed by atoms with E-state index in [-0.39, 0.29) is 11.9 Å². The lowest BCUT2D eigenvalue weighted by atomic mass is 9.85. The summed E-state index contributed by atoms with van der Waals surface area (Å²) in [7, 11) is -2.86. The molecule has 1 saturated carbocycles. The molecule has 96 valence electrons. The molecule has 0 spiro atoms. The quantitative estimate of drug-likeness (QED) is 0.783. The highest BCUT2D eigenvalue weighted by Gasteiger charge is 2.17. The Balaban J connectivity index is 2.12. The smallest absolute Gasteiger partial charge is 0.147 e. The Morgan fingerprint density at radius 2 is 1.88 bits per heavy atom. The van der Waals surface area contributed by atoms with Crippen molar-refractivity contribution in [2.24, 2.45) is 5.92 Å². The van der Waals surface area contributed by atoms with Crippen LogP contribution in [-0.4, -0.2) is 31.6 Å². The minimum Gasteiger partial charge on any atom is -0.393 e. The summed E-state index contributed by atoms with van der Waals surface area (Å²) >= 11 is 0. The number of aliphatic hydroxyl groups excluding tert-OH is 1. The molecule has 16 heavy (non-hydrogen) atoms. The summed E-state index contributed by atoms with van der Waals surface area (Å²) in [5.74, 6) is 0.872. The maximum atomic E-state index is 10.9. The lowest BCUT2D eigenvalue weighted by molar-refractivity contribution is 0.121. The van der Waals surface area contributed by atoms with Crippen LogP contribution in [0.4, 0.5) is 0 Å². The second kappa shape index (κ2) is 6.60. The third-order valence-electron chi connectivity index (χ3n) is 3.38. The summed E-state index contributed by atoms with van der Waals surface area (Å²) in [6.45, 7) is 0. The fourth-order valence-corrected chi connectivity index (χ4v) is 3.20. The van der Waals surface area contributed by atoms with Crippen molar-refractivity contribution in [1.29, 1.82) is 0 Å². The van der Waals surface area contributed by atoms with Crippen molar-refractivity contribution in [3.05, 3.63) is 0 Å². The van der Waals surface area contributed by atoms with Crippen LogP contribution < -0.4 is 0 Å². The van der Waals surface area contributed by atoms with E-state index < -0.39 is 9.84 Å². The zero-order valence-electron chi connectivity index (χ0n) is 10.2. The van der Waals surface area contributed by atoms with E-state index in [4.69, 9.17) is 0 Å². The molecule has 0 aromatic rings. The average Bonchev–Trinajstić information content (AvgIpc) is 2.17. The first kappa shape index (κ1) is 14.0. The topological polar surface area (TPSA) is 54.4 Å². The SMILES string of the molecule is CS(=O)(=O)CCCC(O)CC1CCCCC1. The van der Waals surface area contributed by atoms with Crippen LogP contribution in [0.25, 0.3) is 0 Å². The van der Waals surface area contributed by atoms with Crippen molar-refractivity contribution in [3.8, 4) is 0 Å². The van der Waals surface area contributed by atoms with Gasteiger partial charge in [-0.05, 0) is 25.2 Å². The summed E-state index contributed by atoms with van der Waals surface area (Å²) in [4.78, 5) is 0. The summed E-state index contributed by atoms with van der Waals surface area (Å²) in [6.07, 6.45) is 9.43. The largest absolute Gasteiger partial charge is 0.393 e. The molecular weight excluding hydrogens is 224 g/mol. The second-order valence-corrected chi connectivity index (χ2v) is 7.43. The van der Waals surface area contributed by atoms with Crippen molar-refractivity contribution in [3.63, 3.8) is 0 Å². The van der Waals surface area contributed by atoms with Gasteiger partial charge in [-0.1, -0.05) is 32.1 Å². The van der Waals surface area contributed by atoms with Gasteiger partial charge in [0.2, 0.25) is 0 Å². The van der Waals surface area contributed by atoms with E-state index >= 15 is 0 Å². The van der Waals surface area contributed by atoms with Gasteiger partial charge >= 0.3 is 0 Å². The van der Waals surface area contributed by atoms with Crippen LogP contribution in [0, 0.1) is 5.92 Å². The normalized spacial score (nSPS) is 20.9. The molecule has 0 amide bonds. The van der Waals surface area contributed by atoms with Gasteiger partial charge in [0.15, 0.2) is 0 Å². The fourth-order valence-electron chi connectivity index (χ4n) is 2.51. The molecule has 0 bridgehead atoms. The van der Waals surface area contributed by atoms with Crippen LogP contribution in [0.2, 0.25) is 0 Å². The van der Waals surface area contributed by atoms with E-state index in [1.165, 1.54) is 38.4 Å².